The van der Waals surface area contributed by atoms with Crippen LogP contribution < -0.4 is 0 Å². The topological polar surface area (TPSA) is 65.6 Å². The van der Waals surface area contributed by atoms with Gasteiger partial charge in [0.25, 0.3) is 0 Å². The number of hydrogen-bond donors (Lipinski definition) is 1. The zero-order chi connectivity index (χ0) is 27.8. The van der Waals surface area contributed by atoms with Crippen molar-refractivity contribution >= 4 is 28.5 Å². The van der Waals surface area contributed by atoms with E-state index in [0.29, 0.717) is 25.2 Å². The zero-order valence-electron chi connectivity index (χ0n) is 23.9. The Bertz CT molecular complexity index is 1390. The molecule has 39 heavy (non-hydrogen) atoms. The van der Waals surface area contributed by atoms with E-state index < -0.39 is 11.4 Å². The first kappa shape index (κ1) is 27.0. The fourth-order valence-corrected chi connectivity index (χ4v) is 6.16. The highest BCUT2D eigenvalue weighted by Gasteiger charge is 2.39. The van der Waals surface area contributed by atoms with Gasteiger partial charge in [-0.3, -0.25) is 4.90 Å². The van der Waals surface area contributed by atoms with Crippen LogP contribution in [0.25, 0.3) is 16.5 Å². The number of aromatic nitrogens is 1. The Balaban J connectivity index is 1.45. The number of ether oxygens (including phenoxy) is 1. The van der Waals surface area contributed by atoms with Gasteiger partial charge < -0.3 is 19.1 Å². The maximum atomic E-state index is 14.1. The van der Waals surface area contributed by atoms with Crippen LogP contribution in [0.1, 0.15) is 50.9 Å². The van der Waals surface area contributed by atoms with Gasteiger partial charge in [0.1, 0.15) is 6.54 Å². The van der Waals surface area contributed by atoms with Crippen molar-refractivity contribution in [2.24, 2.45) is 0 Å². The number of benzene rings is 2. The maximum Gasteiger partial charge on any atom is 0.342 e. The quantitative estimate of drug-likeness (QED) is 0.357. The maximum absolute atomic E-state index is 14.1. The van der Waals surface area contributed by atoms with Crippen LogP contribution in [0.3, 0.4) is 0 Å². The van der Waals surface area contributed by atoms with Gasteiger partial charge in [-0.1, -0.05) is 62.4 Å². The van der Waals surface area contributed by atoms with Gasteiger partial charge in [-0.05, 0) is 25.5 Å². The van der Waals surface area contributed by atoms with Crippen LogP contribution in [0.5, 0.6) is 0 Å². The molecule has 1 aromatic heterocycles. The van der Waals surface area contributed by atoms with Crippen LogP contribution in [-0.4, -0.2) is 77.1 Å². The van der Waals surface area contributed by atoms with Gasteiger partial charge in [0.2, 0.25) is 0 Å². The first-order chi connectivity index (χ1) is 18.6. The molecule has 0 spiro atoms. The number of rotatable bonds is 4. The van der Waals surface area contributed by atoms with Crippen LogP contribution in [-0.2, 0) is 21.5 Å². The van der Waals surface area contributed by atoms with E-state index in [9.17, 15) is 9.59 Å². The molecule has 7 nitrogen and oxygen atoms in total. The fraction of sp³-hybridized carbons (Fsp3) is 0.438. The Labute approximate surface area is 231 Å². The molecule has 2 aliphatic heterocycles. The minimum Gasteiger partial charge on any atom is -0.459 e. The van der Waals surface area contributed by atoms with Crippen LogP contribution in [0.2, 0.25) is 0 Å². The number of fused-ring (bicyclic) bond motifs is 3. The number of nitrogens with zero attached hydrogens (tertiary/aromatic N) is 3. The summed E-state index contributed by atoms with van der Waals surface area (Å²) < 4.78 is 6.56. The first-order valence-corrected chi connectivity index (χ1v) is 14.0. The molecule has 1 N–H and O–H groups in total. The molecule has 7 heteroatoms. The number of amides is 2. The summed E-state index contributed by atoms with van der Waals surface area (Å²) in [6.07, 6.45) is 2.39. The highest BCUT2D eigenvalue weighted by Crippen LogP contribution is 2.40. The molecule has 0 radical (unpaired) electrons. The van der Waals surface area contributed by atoms with Gasteiger partial charge in [0, 0.05) is 47.6 Å². The summed E-state index contributed by atoms with van der Waals surface area (Å²) in [5.41, 5.74) is 4.08. The summed E-state index contributed by atoms with van der Waals surface area (Å²) in [5, 5.41) is 1.07. The van der Waals surface area contributed by atoms with Crippen LogP contribution in [0, 0.1) is 0 Å². The number of H-pyrrole nitrogens is 1. The lowest BCUT2D eigenvalue weighted by Gasteiger charge is -2.34. The lowest BCUT2D eigenvalue weighted by Crippen LogP contribution is -2.48. The van der Waals surface area contributed by atoms with Crippen molar-refractivity contribution in [1.82, 2.24) is 14.8 Å². The third-order valence-electron chi connectivity index (χ3n) is 8.02. The molecule has 2 aromatic carbocycles. The predicted molar refractivity (Wildman–Crippen MR) is 155 cm³/mol. The van der Waals surface area contributed by atoms with Gasteiger partial charge in [-0.25, -0.2) is 9.59 Å². The average molecular weight is 530 g/mol. The molecule has 2 aliphatic rings. The molecular weight excluding hydrogens is 488 g/mol. The van der Waals surface area contributed by atoms with Crippen LogP contribution >= 0.6 is 0 Å². The number of carbonyl (C=O) groups excluding carboxylic acids is 2. The molecule has 0 bridgehead atoms. The number of esters is 1. The number of hydrogen-bond acceptors (Lipinski definition) is 3. The van der Waals surface area contributed by atoms with Crippen LogP contribution in [0.15, 0.2) is 60.8 Å². The second-order valence-corrected chi connectivity index (χ2v) is 12.3. The van der Waals surface area contributed by atoms with Gasteiger partial charge in [-0.2, -0.15) is 0 Å². The molecule has 1 fully saturated rings. The van der Waals surface area contributed by atoms with E-state index in [0.717, 1.165) is 52.7 Å². The molecule has 0 saturated carbocycles. The second kappa shape index (κ2) is 10.5. The molecule has 1 saturated heterocycles. The highest BCUT2D eigenvalue weighted by atomic mass is 16.5. The van der Waals surface area contributed by atoms with Crippen molar-refractivity contribution in [1.29, 1.82) is 0 Å². The fourth-order valence-electron chi connectivity index (χ4n) is 6.16. The molecular formula is C32H41N4O3+. The summed E-state index contributed by atoms with van der Waals surface area (Å²) in [4.78, 5) is 34.7. The number of urea groups is 1. The summed E-state index contributed by atoms with van der Waals surface area (Å²) in [6.45, 7) is 12.7. The number of quaternary nitrogens is 1. The first-order valence-electron chi connectivity index (χ1n) is 14.0. The molecule has 5 rings (SSSR count). The minimum absolute atomic E-state index is 0.0551. The third-order valence-corrected chi connectivity index (χ3v) is 8.02. The van der Waals surface area contributed by atoms with Gasteiger partial charge >= 0.3 is 12.0 Å². The Hall–Kier alpha value is -3.58. The van der Waals surface area contributed by atoms with Crippen molar-refractivity contribution in [2.75, 3.05) is 39.8 Å². The highest BCUT2D eigenvalue weighted by molar-refractivity contribution is 6.18. The standard InChI is InChI=1S/C32H41N4O3/c1-23(2)39-30(37)26-20-35(22-32(3,4)28-25-14-9-10-15-27(25)33-29(26)28)31(38)34-16-11-18-36(5,19-17-34)21-24-12-7-6-8-13-24/h6-10,12-15,20,23,33H,11,16-19,21-22H2,1-5H3/q+1. The molecule has 1 atom stereocenters. The van der Waals surface area contributed by atoms with Gasteiger partial charge in [0.15, 0.2) is 0 Å². The lowest BCUT2D eigenvalue weighted by molar-refractivity contribution is -0.920. The van der Waals surface area contributed by atoms with Crippen molar-refractivity contribution < 1.29 is 18.8 Å². The molecule has 1 unspecified atom stereocenters. The Morgan fingerprint density at radius 1 is 1.03 bits per heavy atom. The SMILES string of the molecule is CC(C)OC(=O)C1=CN(C(=O)N2CCC[N+](C)(Cc3ccccc3)CC2)CC(C)(C)c2c1[nH]c1ccccc21. The van der Waals surface area contributed by atoms with E-state index >= 15 is 0 Å². The zero-order valence-corrected chi connectivity index (χ0v) is 23.9. The number of likely N-dealkylation sites (N-methyl/N-ethyl adjacent to an activating group) is 1. The summed E-state index contributed by atoms with van der Waals surface area (Å²) >= 11 is 0. The molecule has 0 aliphatic carbocycles. The van der Waals surface area contributed by atoms with E-state index in [1.54, 1.807) is 11.1 Å². The monoisotopic (exact) mass is 529 g/mol. The molecule has 2 amide bonds. The normalized spacial score (nSPS) is 21.2. The Kier molecular flexibility index (Phi) is 7.29. The summed E-state index contributed by atoms with van der Waals surface area (Å²) in [5.74, 6) is -0.420. The van der Waals surface area contributed by atoms with Crippen molar-refractivity contribution in [2.45, 2.75) is 52.2 Å². The smallest absolute Gasteiger partial charge is 0.342 e. The molecule has 3 aromatic rings. The Morgan fingerprint density at radius 2 is 1.74 bits per heavy atom. The van der Waals surface area contributed by atoms with E-state index in [4.69, 9.17) is 4.74 Å². The third kappa shape index (κ3) is 5.59. The van der Waals surface area contributed by atoms with E-state index in [1.807, 2.05) is 43.0 Å². The predicted octanol–water partition coefficient (Wildman–Crippen LogP) is 5.53. The van der Waals surface area contributed by atoms with Crippen molar-refractivity contribution in [3.63, 3.8) is 0 Å². The van der Waals surface area contributed by atoms with Gasteiger partial charge in [0.05, 0.1) is 44.1 Å². The van der Waals surface area contributed by atoms with E-state index in [-0.39, 0.29) is 12.1 Å². The van der Waals surface area contributed by atoms with Crippen molar-refractivity contribution in [3.05, 3.63) is 77.6 Å². The van der Waals surface area contributed by atoms with E-state index in [2.05, 4.69) is 56.2 Å². The van der Waals surface area contributed by atoms with Crippen molar-refractivity contribution in [3.8, 4) is 0 Å². The Morgan fingerprint density at radius 3 is 2.49 bits per heavy atom. The van der Waals surface area contributed by atoms with Gasteiger partial charge in [-0.15, -0.1) is 0 Å². The van der Waals surface area contributed by atoms with Crippen LogP contribution in [0.4, 0.5) is 4.79 Å². The minimum atomic E-state index is -0.420. The number of aromatic amines is 1. The average Bonchev–Trinajstić information content (AvgIpc) is 3.11. The largest absolute Gasteiger partial charge is 0.459 e. The number of nitrogens with one attached hydrogen (secondary N) is 1. The molecule has 3 heterocycles. The lowest BCUT2D eigenvalue weighted by atomic mass is 9.82. The second-order valence-electron chi connectivity index (χ2n) is 12.3. The summed E-state index contributed by atoms with van der Waals surface area (Å²) in [6, 6.07) is 18.6. The number of carbonyl (C=O) groups is 2. The number of para-hydroxylation sites is 1. The van der Waals surface area contributed by atoms with E-state index in [1.165, 1.54) is 5.56 Å². The molecule has 206 valence electrons. The summed E-state index contributed by atoms with van der Waals surface area (Å²) in [7, 11) is 2.29.